The van der Waals surface area contributed by atoms with Crippen LogP contribution in [0.3, 0.4) is 0 Å². The minimum absolute atomic E-state index is 0.355. The second-order valence-corrected chi connectivity index (χ2v) is 5.38. The molecule has 0 bridgehead atoms. The maximum absolute atomic E-state index is 11.6. The van der Waals surface area contributed by atoms with Gasteiger partial charge in [0, 0.05) is 9.92 Å². The number of hydrogen-bond acceptors (Lipinski definition) is 2. The number of carbonyl (C=O) groups is 1. The highest BCUT2D eigenvalue weighted by Gasteiger charge is 2.18. The lowest BCUT2D eigenvalue weighted by Crippen LogP contribution is -2.18. The van der Waals surface area contributed by atoms with Gasteiger partial charge in [0.15, 0.2) is 0 Å². The van der Waals surface area contributed by atoms with Crippen LogP contribution >= 0.6 is 23.4 Å². The zero-order valence-electron chi connectivity index (χ0n) is 9.55. The molecule has 2 rings (SSSR count). The number of hydrogen-bond donors (Lipinski definition) is 1. The van der Waals surface area contributed by atoms with Crippen molar-refractivity contribution in [2.45, 2.75) is 10.1 Å². The number of primary amides is 1. The molecule has 18 heavy (non-hydrogen) atoms. The van der Waals surface area contributed by atoms with Gasteiger partial charge in [-0.15, -0.1) is 11.8 Å². The monoisotopic (exact) mass is 277 g/mol. The highest BCUT2D eigenvalue weighted by molar-refractivity contribution is 8.00. The quantitative estimate of drug-likeness (QED) is 0.867. The normalized spacial score (nSPS) is 12.1. The van der Waals surface area contributed by atoms with E-state index in [0.29, 0.717) is 5.02 Å². The van der Waals surface area contributed by atoms with Gasteiger partial charge in [0.1, 0.15) is 5.25 Å². The molecular formula is C14H12ClNOS. The van der Waals surface area contributed by atoms with Gasteiger partial charge in [-0.3, -0.25) is 4.79 Å². The predicted octanol–water partition coefficient (Wildman–Crippen LogP) is 3.66. The molecule has 2 N–H and O–H groups in total. The lowest BCUT2D eigenvalue weighted by atomic mass is 10.1. The second-order valence-electron chi connectivity index (χ2n) is 3.76. The lowest BCUT2D eigenvalue weighted by molar-refractivity contribution is -0.117. The van der Waals surface area contributed by atoms with Crippen LogP contribution in [0.5, 0.6) is 0 Å². The smallest absolute Gasteiger partial charge is 0.235 e. The topological polar surface area (TPSA) is 43.1 Å². The maximum atomic E-state index is 11.6. The van der Waals surface area contributed by atoms with Crippen molar-refractivity contribution in [3.8, 4) is 0 Å². The first-order chi connectivity index (χ1) is 8.66. The van der Waals surface area contributed by atoms with Crippen molar-refractivity contribution in [1.82, 2.24) is 0 Å². The molecule has 0 radical (unpaired) electrons. The fourth-order valence-electron chi connectivity index (χ4n) is 1.56. The summed E-state index contributed by atoms with van der Waals surface area (Å²) < 4.78 is 0. The molecule has 4 heteroatoms. The minimum Gasteiger partial charge on any atom is -0.368 e. The highest BCUT2D eigenvalue weighted by atomic mass is 35.5. The van der Waals surface area contributed by atoms with E-state index in [1.54, 1.807) is 12.1 Å². The third kappa shape index (κ3) is 3.28. The van der Waals surface area contributed by atoms with Crippen molar-refractivity contribution >= 4 is 29.3 Å². The third-order valence-electron chi connectivity index (χ3n) is 2.43. The van der Waals surface area contributed by atoms with Gasteiger partial charge in [-0.2, -0.15) is 0 Å². The molecule has 1 atom stereocenters. The average Bonchev–Trinajstić information content (AvgIpc) is 2.38. The molecule has 92 valence electrons. The Labute approximate surface area is 115 Å². The second kappa shape index (κ2) is 5.94. The first-order valence-electron chi connectivity index (χ1n) is 5.43. The van der Waals surface area contributed by atoms with Gasteiger partial charge in [-0.25, -0.2) is 0 Å². The van der Waals surface area contributed by atoms with Crippen LogP contribution in [-0.4, -0.2) is 5.91 Å². The Morgan fingerprint density at radius 2 is 1.67 bits per heavy atom. The summed E-state index contributed by atoms with van der Waals surface area (Å²) in [5.41, 5.74) is 6.32. The van der Waals surface area contributed by atoms with Crippen LogP contribution in [0.25, 0.3) is 0 Å². The SMILES string of the molecule is NC(=O)C(Sc1ccccc1)c1ccc(Cl)cc1. The molecule has 0 heterocycles. The summed E-state index contributed by atoms with van der Waals surface area (Å²) in [7, 11) is 0. The van der Waals surface area contributed by atoms with Crippen molar-refractivity contribution in [2.75, 3.05) is 0 Å². The Morgan fingerprint density at radius 1 is 1.06 bits per heavy atom. The molecule has 1 amide bonds. The molecule has 0 saturated heterocycles. The van der Waals surface area contributed by atoms with E-state index in [1.807, 2.05) is 42.5 Å². The van der Waals surface area contributed by atoms with Gasteiger partial charge < -0.3 is 5.73 Å². The van der Waals surface area contributed by atoms with E-state index < -0.39 is 5.25 Å². The first-order valence-corrected chi connectivity index (χ1v) is 6.69. The average molecular weight is 278 g/mol. The number of thioether (sulfide) groups is 1. The molecule has 0 aliphatic heterocycles. The fourth-order valence-corrected chi connectivity index (χ4v) is 2.68. The first kappa shape index (κ1) is 13.0. The Hall–Kier alpha value is -1.45. The van der Waals surface area contributed by atoms with Crippen molar-refractivity contribution in [3.05, 3.63) is 65.2 Å². The number of carbonyl (C=O) groups excluding carboxylic acids is 1. The molecular weight excluding hydrogens is 266 g/mol. The number of benzene rings is 2. The molecule has 1 unspecified atom stereocenters. The summed E-state index contributed by atoms with van der Waals surface area (Å²) in [6.45, 7) is 0. The molecule has 2 nitrogen and oxygen atoms in total. The third-order valence-corrected chi connectivity index (χ3v) is 3.96. The molecule has 0 fully saturated rings. The summed E-state index contributed by atoms with van der Waals surface area (Å²) >= 11 is 7.27. The minimum atomic E-state index is -0.398. The van der Waals surface area contributed by atoms with Gasteiger partial charge in [-0.1, -0.05) is 41.9 Å². The van der Waals surface area contributed by atoms with Crippen LogP contribution in [0.15, 0.2) is 59.5 Å². The number of amides is 1. The molecule has 0 aliphatic rings. The summed E-state index contributed by atoms with van der Waals surface area (Å²) in [4.78, 5) is 12.6. The Bertz CT molecular complexity index is 527. The van der Waals surface area contributed by atoms with E-state index in [-0.39, 0.29) is 5.91 Å². The lowest BCUT2D eigenvalue weighted by Gasteiger charge is -2.13. The predicted molar refractivity (Wildman–Crippen MR) is 75.7 cm³/mol. The Kier molecular flexibility index (Phi) is 4.28. The zero-order valence-corrected chi connectivity index (χ0v) is 11.1. The molecule has 0 saturated carbocycles. The molecule has 2 aromatic carbocycles. The van der Waals surface area contributed by atoms with E-state index in [9.17, 15) is 4.79 Å². The maximum Gasteiger partial charge on any atom is 0.235 e. The van der Waals surface area contributed by atoms with Gasteiger partial charge in [-0.05, 0) is 29.8 Å². The highest BCUT2D eigenvalue weighted by Crippen LogP contribution is 2.35. The number of halogens is 1. The number of rotatable bonds is 4. The summed E-state index contributed by atoms with van der Waals surface area (Å²) in [5.74, 6) is -0.355. The van der Waals surface area contributed by atoms with Crippen LogP contribution in [-0.2, 0) is 4.79 Å². The summed E-state index contributed by atoms with van der Waals surface area (Å²) in [5, 5.41) is 0.247. The van der Waals surface area contributed by atoms with Crippen molar-refractivity contribution in [1.29, 1.82) is 0 Å². The van der Waals surface area contributed by atoms with Gasteiger partial charge >= 0.3 is 0 Å². The standard InChI is InChI=1S/C14H12ClNOS/c15-11-8-6-10(7-9-11)13(14(16)17)18-12-4-2-1-3-5-12/h1-9,13H,(H2,16,17). The van der Waals surface area contributed by atoms with Crippen molar-refractivity contribution in [2.24, 2.45) is 5.73 Å². The fraction of sp³-hybridized carbons (Fsp3) is 0.0714. The van der Waals surface area contributed by atoms with Crippen molar-refractivity contribution < 1.29 is 4.79 Å². The van der Waals surface area contributed by atoms with Crippen LogP contribution < -0.4 is 5.73 Å². The van der Waals surface area contributed by atoms with E-state index in [4.69, 9.17) is 17.3 Å². The van der Waals surface area contributed by atoms with E-state index >= 15 is 0 Å². The van der Waals surface area contributed by atoms with Crippen molar-refractivity contribution in [3.63, 3.8) is 0 Å². The van der Waals surface area contributed by atoms with Crippen LogP contribution in [0.2, 0.25) is 5.02 Å². The van der Waals surface area contributed by atoms with E-state index in [2.05, 4.69) is 0 Å². The molecule has 2 aromatic rings. The van der Waals surface area contributed by atoms with Gasteiger partial charge in [0.2, 0.25) is 5.91 Å². The van der Waals surface area contributed by atoms with E-state index in [0.717, 1.165) is 10.5 Å². The summed E-state index contributed by atoms with van der Waals surface area (Å²) in [6, 6.07) is 16.9. The molecule has 0 spiro atoms. The Morgan fingerprint density at radius 3 is 2.22 bits per heavy atom. The van der Waals surface area contributed by atoms with Gasteiger partial charge in [0.25, 0.3) is 0 Å². The van der Waals surface area contributed by atoms with Crippen LogP contribution in [0.1, 0.15) is 10.8 Å². The Balaban J connectivity index is 2.24. The van der Waals surface area contributed by atoms with Crippen LogP contribution in [0.4, 0.5) is 0 Å². The molecule has 0 aliphatic carbocycles. The van der Waals surface area contributed by atoms with E-state index in [1.165, 1.54) is 11.8 Å². The summed E-state index contributed by atoms with van der Waals surface area (Å²) in [6.07, 6.45) is 0. The zero-order chi connectivity index (χ0) is 13.0. The van der Waals surface area contributed by atoms with Gasteiger partial charge in [0.05, 0.1) is 0 Å². The number of nitrogens with two attached hydrogens (primary N) is 1. The largest absolute Gasteiger partial charge is 0.368 e. The molecule has 0 aromatic heterocycles. The van der Waals surface area contributed by atoms with Crippen LogP contribution in [0, 0.1) is 0 Å².